The largest absolute Gasteiger partial charge is 0.508 e. The van der Waals surface area contributed by atoms with E-state index in [9.17, 15) is 10.2 Å². The molecule has 0 spiro atoms. The van der Waals surface area contributed by atoms with Gasteiger partial charge in [-0.1, -0.05) is 30.3 Å². The minimum absolute atomic E-state index is 0.00355. The summed E-state index contributed by atoms with van der Waals surface area (Å²) in [5.41, 5.74) is 1.66. The second kappa shape index (κ2) is 4.78. The summed E-state index contributed by atoms with van der Waals surface area (Å²) in [6.07, 6.45) is 0. The summed E-state index contributed by atoms with van der Waals surface area (Å²) in [5.74, 6) is 0.524. The van der Waals surface area contributed by atoms with Crippen LogP contribution in [0.1, 0.15) is 11.1 Å². The Balaban J connectivity index is 2.14. The third-order valence-electron chi connectivity index (χ3n) is 2.55. The molecule has 2 N–H and O–H groups in total. The Bertz CT molecular complexity index is 506. The van der Waals surface area contributed by atoms with E-state index < -0.39 is 0 Å². The van der Waals surface area contributed by atoms with E-state index in [1.54, 1.807) is 6.92 Å². The summed E-state index contributed by atoms with van der Waals surface area (Å²) < 4.78 is 5.56. The zero-order chi connectivity index (χ0) is 12.3. The molecule has 3 heteroatoms. The third kappa shape index (κ3) is 2.69. The summed E-state index contributed by atoms with van der Waals surface area (Å²) >= 11 is 0. The molecule has 0 radical (unpaired) electrons. The van der Waals surface area contributed by atoms with Crippen LogP contribution in [0, 0.1) is 6.92 Å². The lowest BCUT2D eigenvalue weighted by molar-refractivity contribution is 0.299. The Labute approximate surface area is 99.9 Å². The molecule has 0 bridgehead atoms. The third-order valence-corrected chi connectivity index (χ3v) is 2.55. The maximum atomic E-state index is 9.54. The number of benzene rings is 2. The van der Waals surface area contributed by atoms with E-state index in [4.69, 9.17) is 4.74 Å². The quantitative estimate of drug-likeness (QED) is 0.852. The van der Waals surface area contributed by atoms with Gasteiger partial charge < -0.3 is 14.9 Å². The van der Waals surface area contributed by atoms with Crippen molar-refractivity contribution >= 4 is 0 Å². The van der Waals surface area contributed by atoms with Gasteiger partial charge >= 0.3 is 0 Å². The van der Waals surface area contributed by atoms with Crippen molar-refractivity contribution in [1.29, 1.82) is 0 Å². The van der Waals surface area contributed by atoms with Crippen LogP contribution in [0.15, 0.2) is 42.5 Å². The molecule has 3 nitrogen and oxygen atoms in total. The standard InChI is InChI=1S/C14H14O3/c1-10-13(16)7-12(15)8-14(10)17-9-11-5-3-2-4-6-11/h2-8,15-16H,9H2,1H3. The van der Waals surface area contributed by atoms with Gasteiger partial charge in [0.1, 0.15) is 23.9 Å². The number of hydrogen-bond donors (Lipinski definition) is 2. The highest BCUT2D eigenvalue weighted by molar-refractivity contribution is 5.48. The van der Waals surface area contributed by atoms with Gasteiger partial charge in [0.25, 0.3) is 0 Å². The lowest BCUT2D eigenvalue weighted by atomic mass is 10.2. The molecule has 0 saturated heterocycles. The van der Waals surface area contributed by atoms with Crippen LogP contribution >= 0.6 is 0 Å². The van der Waals surface area contributed by atoms with Crippen LogP contribution in [0.2, 0.25) is 0 Å². The Kier molecular flexibility index (Phi) is 3.19. The fourth-order valence-corrected chi connectivity index (χ4v) is 1.54. The molecule has 0 heterocycles. The summed E-state index contributed by atoms with van der Waals surface area (Å²) in [6.45, 7) is 2.15. The molecule has 0 aliphatic rings. The molecule has 2 rings (SSSR count). The molecule has 0 aliphatic heterocycles. The van der Waals surface area contributed by atoms with Crippen molar-refractivity contribution in [2.45, 2.75) is 13.5 Å². The topological polar surface area (TPSA) is 49.7 Å². The highest BCUT2D eigenvalue weighted by atomic mass is 16.5. The first-order chi connectivity index (χ1) is 8.16. The van der Waals surface area contributed by atoms with Gasteiger partial charge in [-0.3, -0.25) is 0 Å². The van der Waals surface area contributed by atoms with Crippen LogP contribution in [0.3, 0.4) is 0 Å². The maximum Gasteiger partial charge on any atom is 0.130 e. The average Bonchev–Trinajstić information content (AvgIpc) is 2.33. The van der Waals surface area contributed by atoms with Gasteiger partial charge in [0.05, 0.1) is 0 Å². The molecule has 0 aromatic heterocycles. The average molecular weight is 230 g/mol. The van der Waals surface area contributed by atoms with Crippen molar-refractivity contribution in [3.8, 4) is 17.2 Å². The smallest absolute Gasteiger partial charge is 0.130 e. The molecule has 0 unspecified atom stereocenters. The second-order valence-electron chi connectivity index (χ2n) is 3.86. The SMILES string of the molecule is Cc1c(O)cc(O)cc1OCc1ccccc1. The van der Waals surface area contributed by atoms with Gasteiger partial charge in [-0.05, 0) is 12.5 Å². The van der Waals surface area contributed by atoms with E-state index in [0.29, 0.717) is 17.9 Å². The number of aromatic hydroxyl groups is 2. The van der Waals surface area contributed by atoms with Gasteiger partial charge in [0, 0.05) is 17.7 Å². The van der Waals surface area contributed by atoms with Gasteiger partial charge in [0.2, 0.25) is 0 Å². The summed E-state index contributed by atoms with van der Waals surface area (Å²) in [6, 6.07) is 12.5. The predicted molar refractivity (Wildman–Crippen MR) is 65.3 cm³/mol. The summed E-state index contributed by atoms with van der Waals surface area (Å²) in [5, 5.41) is 18.9. The predicted octanol–water partition coefficient (Wildman–Crippen LogP) is 2.99. The number of hydrogen-bond acceptors (Lipinski definition) is 3. The van der Waals surface area contributed by atoms with Crippen LogP contribution in [0.25, 0.3) is 0 Å². The van der Waals surface area contributed by atoms with Crippen molar-refractivity contribution in [1.82, 2.24) is 0 Å². The van der Waals surface area contributed by atoms with Crippen molar-refractivity contribution < 1.29 is 14.9 Å². The molecule has 0 amide bonds. The number of phenols is 2. The second-order valence-corrected chi connectivity index (χ2v) is 3.86. The van der Waals surface area contributed by atoms with Gasteiger partial charge in [-0.25, -0.2) is 0 Å². The van der Waals surface area contributed by atoms with Crippen molar-refractivity contribution in [3.63, 3.8) is 0 Å². The summed E-state index contributed by atoms with van der Waals surface area (Å²) in [7, 11) is 0. The lowest BCUT2D eigenvalue weighted by Crippen LogP contribution is -1.96. The van der Waals surface area contributed by atoms with Crippen molar-refractivity contribution in [2.24, 2.45) is 0 Å². The van der Waals surface area contributed by atoms with Crippen molar-refractivity contribution in [2.75, 3.05) is 0 Å². The minimum Gasteiger partial charge on any atom is -0.508 e. The van der Waals surface area contributed by atoms with Crippen LogP contribution in [0.4, 0.5) is 0 Å². The fourth-order valence-electron chi connectivity index (χ4n) is 1.54. The monoisotopic (exact) mass is 230 g/mol. The van der Waals surface area contributed by atoms with Gasteiger partial charge in [-0.2, -0.15) is 0 Å². The Hall–Kier alpha value is -2.16. The molecule has 2 aromatic carbocycles. The first-order valence-electron chi connectivity index (χ1n) is 5.36. The fraction of sp³-hybridized carbons (Fsp3) is 0.143. The van der Waals surface area contributed by atoms with Crippen LogP contribution in [0.5, 0.6) is 17.2 Å². The maximum absolute atomic E-state index is 9.54. The van der Waals surface area contributed by atoms with Crippen LogP contribution in [-0.2, 0) is 6.61 Å². The molecule has 0 aliphatic carbocycles. The first kappa shape index (κ1) is 11.3. The number of ether oxygens (including phenoxy) is 1. The van der Waals surface area contributed by atoms with E-state index in [2.05, 4.69) is 0 Å². The normalized spacial score (nSPS) is 10.2. The van der Waals surface area contributed by atoms with Crippen molar-refractivity contribution in [3.05, 3.63) is 53.6 Å². The molecule has 17 heavy (non-hydrogen) atoms. The number of rotatable bonds is 3. The van der Waals surface area contributed by atoms with E-state index in [1.807, 2.05) is 30.3 Å². The Morgan fingerprint density at radius 3 is 2.47 bits per heavy atom. The molecule has 2 aromatic rings. The highest BCUT2D eigenvalue weighted by Crippen LogP contribution is 2.32. The molecular formula is C14H14O3. The molecular weight excluding hydrogens is 216 g/mol. The van der Waals surface area contributed by atoms with E-state index in [0.717, 1.165) is 5.56 Å². The highest BCUT2D eigenvalue weighted by Gasteiger charge is 2.07. The van der Waals surface area contributed by atoms with E-state index >= 15 is 0 Å². The number of phenolic OH excluding ortho intramolecular Hbond substituents is 2. The first-order valence-corrected chi connectivity index (χ1v) is 5.36. The van der Waals surface area contributed by atoms with Crippen LogP contribution < -0.4 is 4.74 Å². The minimum atomic E-state index is -0.00355. The molecule has 0 saturated carbocycles. The van der Waals surface area contributed by atoms with E-state index in [-0.39, 0.29) is 11.5 Å². The molecule has 0 fully saturated rings. The zero-order valence-electron chi connectivity index (χ0n) is 9.55. The van der Waals surface area contributed by atoms with Gasteiger partial charge in [0.15, 0.2) is 0 Å². The van der Waals surface area contributed by atoms with E-state index in [1.165, 1.54) is 12.1 Å². The lowest BCUT2D eigenvalue weighted by Gasteiger charge is -2.10. The zero-order valence-corrected chi connectivity index (χ0v) is 9.55. The van der Waals surface area contributed by atoms with Crippen LogP contribution in [-0.4, -0.2) is 10.2 Å². The molecule has 0 atom stereocenters. The Morgan fingerprint density at radius 2 is 1.76 bits per heavy atom. The summed E-state index contributed by atoms with van der Waals surface area (Å²) in [4.78, 5) is 0. The molecule has 88 valence electrons. The van der Waals surface area contributed by atoms with Gasteiger partial charge in [-0.15, -0.1) is 0 Å². The Morgan fingerprint density at radius 1 is 1.06 bits per heavy atom.